The van der Waals surface area contributed by atoms with Crippen molar-refractivity contribution >= 4 is 11.6 Å². The Labute approximate surface area is 114 Å². The molecule has 0 aromatic heterocycles. The van der Waals surface area contributed by atoms with Crippen molar-refractivity contribution in [2.45, 2.75) is 19.8 Å². The smallest absolute Gasteiger partial charge is 0.233 e. The van der Waals surface area contributed by atoms with Crippen LogP contribution in [-0.2, 0) is 9.53 Å². The Bertz CT molecular complexity index is 417. The summed E-state index contributed by atoms with van der Waals surface area (Å²) in [6, 6.07) is 7.88. The normalized spacial score (nSPS) is 18.0. The molecule has 2 N–H and O–H groups in total. The molecule has 1 aliphatic rings. The highest BCUT2D eigenvalue weighted by Gasteiger charge is 2.39. The quantitative estimate of drug-likeness (QED) is 0.872. The number of hydrogen-bond donors (Lipinski definition) is 2. The molecule has 0 aliphatic carbocycles. The summed E-state index contributed by atoms with van der Waals surface area (Å²) < 4.78 is 5.27. The third-order valence-corrected chi connectivity index (χ3v) is 3.77. The van der Waals surface area contributed by atoms with Gasteiger partial charge in [-0.15, -0.1) is 0 Å². The average molecular weight is 262 g/mol. The topological polar surface area (TPSA) is 50.4 Å². The van der Waals surface area contributed by atoms with Crippen molar-refractivity contribution in [2.24, 2.45) is 5.41 Å². The Morgan fingerprint density at radius 3 is 2.53 bits per heavy atom. The number of carbonyl (C=O) groups excluding carboxylic acids is 1. The SMILES string of the molecule is COCC1(C(=O)Nc2ccc(C)cc2)CCNCC1. The van der Waals surface area contributed by atoms with Gasteiger partial charge in [0.2, 0.25) is 5.91 Å². The fourth-order valence-electron chi connectivity index (χ4n) is 2.52. The van der Waals surface area contributed by atoms with Gasteiger partial charge in [-0.05, 0) is 45.0 Å². The van der Waals surface area contributed by atoms with Crippen molar-refractivity contribution in [3.05, 3.63) is 29.8 Å². The molecule has 104 valence electrons. The number of rotatable bonds is 4. The lowest BCUT2D eigenvalue weighted by Gasteiger charge is -2.35. The lowest BCUT2D eigenvalue weighted by atomic mass is 9.78. The summed E-state index contributed by atoms with van der Waals surface area (Å²) in [4.78, 5) is 12.5. The summed E-state index contributed by atoms with van der Waals surface area (Å²) in [5.41, 5.74) is 1.64. The van der Waals surface area contributed by atoms with Crippen LogP contribution in [-0.4, -0.2) is 32.7 Å². The second kappa shape index (κ2) is 6.17. The first-order chi connectivity index (χ1) is 9.16. The van der Waals surface area contributed by atoms with E-state index in [0.717, 1.165) is 31.6 Å². The highest BCUT2D eigenvalue weighted by atomic mass is 16.5. The van der Waals surface area contributed by atoms with E-state index >= 15 is 0 Å². The zero-order valence-corrected chi connectivity index (χ0v) is 11.7. The molecule has 1 heterocycles. The minimum Gasteiger partial charge on any atom is -0.384 e. The Morgan fingerprint density at radius 2 is 1.95 bits per heavy atom. The monoisotopic (exact) mass is 262 g/mol. The van der Waals surface area contributed by atoms with Crippen molar-refractivity contribution < 1.29 is 9.53 Å². The summed E-state index contributed by atoms with van der Waals surface area (Å²) in [5, 5.41) is 6.31. The lowest BCUT2D eigenvalue weighted by Crippen LogP contribution is -2.47. The number of methoxy groups -OCH3 is 1. The lowest BCUT2D eigenvalue weighted by molar-refractivity contribution is -0.130. The van der Waals surface area contributed by atoms with Crippen molar-refractivity contribution in [2.75, 3.05) is 32.1 Å². The number of hydrogen-bond acceptors (Lipinski definition) is 3. The molecule has 1 aromatic rings. The zero-order chi connectivity index (χ0) is 13.7. The van der Waals surface area contributed by atoms with Crippen LogP contribution >= 0.6 is 0 Å². The van der Waals surface area contributed by atoms with Crippen LogP contribution in [0.25, 0.3) is 0 Å². The Balaban J connectivity index is 2.09. The van der Waals surface area contributed by atoms with Gasteiger partial charge in [-0.1, -0.05) is 17.7 Å². The van der Waals surface area contributed by atoms with Gasteiger partial charge in [-0.2, -0.15) is 0 Å². The summed E-state index contributed by atoms with van der Waals surface area (Å²) in [7, 11) is 1.66. The molecule has 19 heavy (non-hydrogen) atoms. The molecule has 1 fully saturated rings. The standard InChI is InChI=1S/C15H22N2O2/c1-12-3-5-13(6-4-12)17-14(18)15(11-19-2)7-9-16-10-8-15/h3-6,16H,7-11H2,1-2H3,(H,17,18). The zero-order valence-electron chi connectivity index (χ0n) is 11.7. The predicted octanol–water partition coefficient (Wildman–Crippen LogP) is 1.95. The molecule has 4 heteroatoms. The van der Waals surface area contributed by atoms with Gasteiger partial charge in [0.25, 0.3) is 0 Å². The maximum absolute atomic E-state index is 12.5. The third-order valence-electron chi connectivity index (χ3n) is 3.77. The van der Waals surface area contributed by atoms with Gasteiger partial charge >= 0.3 is 0 Å². The van der Waals surface area contributed by atoms with Crippen molar-refractivity contribution in [3.8, 4) is 0 Å². The molecule has 0 saturated carbocycles. The van der Waals surface area contributed by atoms with Gasteiger partial charge in [-0.3, -0.25) is 4.79 Å². The molecular formula is C15H22N2O2. The van der Waals surface area contributed by atoms with Crippen molar-refractivity contribution in [3.63, 3.8) is 0 Å². The number of amides is 1. The highest BCUT2D eigenvalue weighted by Crippen LogP contribution is 2.30. The predicted molar refractivity (Wildman–Crippen MR) is 76.2 cm³/mol. The van der Waals surface area contributed by atoms with Crippen molar-refractivity contribution in [1.29, 1.82) is 0 Å². The second-order valence-electron chi connectivity index (χ2n) is 5.28. The first kappa shape index (κ1) is 14.0. The molecule has 0 bridgehead atoms. The van der Waals surface area contributed by atoms with Crippen LogP contribution in [0.5, 0.6) is 0 Å². The maximum atomic E-state index is 12.5. The molecule has 1 amide bonds. The van der Waals surface area contributed by atoms with E-state index in [1.807, 2.05) is 31.2 Å². The van der Waals surface area contributed by atoms with Crippen LogP contribution in [0.2, 0.25) is 0 Å². The fraction of sp³-hybridized carbons (Fsp3) is 0.533. The number of ether oxygens (including phenoxy) is 1. The van der Waals surface area contributed by atoms with E-state index in [0.29, 0.717) is 6.61 Å². The molecule has 0 atom stereocenters. The Kier molecular flexibility index (Phi) is 4.56. The van der Waals surface area contributed by atoms with Gasteiger partial charge in [0.05, 0.1) is 12.0 Å². The number of carbonyl (C=O) groups is 1. The second-order valence-corrected chi connectivity index (χ2v) is 5.28. The number of benzene rings is 1. The van der Waals surface area contributed by atoms with E-state index in [2.05, 4.69) is 10.6 Å². The Hall–Kier alpha value is -1.39. The van der Waals surface area contributed by atoms with Crippen molar-refractivity contribution in [1.82, 2.24) is 5.32 Å². The number of aryl methyl sites for hydroxylation is 1. The van der Waals surface area contributed by atoms with E-state index in [1.165, 1.54) is 5.56 Å². The van der Waals surface area contributed by atoms with E-state index in [-0.39, 0.29) is 5.91 Å². The molecule has 1 aromatic carbocycles. The number of anilines is 1. The van der Waals surface area contributed by atoms with Crippen LogP contribution in [0.4, 0.5) is 5.69 Å². The number of piperidine rings is 1. The summed E-state index contributed by atoms with van der Waals surface area (Å²) in [5.74, 6) is 0.0692. The molecule has 0 unspecified atom stereocenters. The average Bonchev–Trinajstić information content (AvgIpc) is 2.43. The molecule has 1 saturated heterocycles. The summed E-state index contributed by atoms with van der Waals surface area (Å²) in [6.45, 7) is 4.24. The first-order valence-electron chi connectivity index (χ1n) is 6.74. The van der Waals surface area contributed by atoms with Gasteiger partial charge in [0.1, 0.15) is 0 Å². The van der Waals surface area contributed by atoms with Gasteiger partial charge in [0.15, 0.2) is 0 Å². The van der Waals surface area contributed by atoms with Crippen LogP contribution in [0, 0.1) is 12.3 Å². The van der Waals surface area contributed by atoms with E-state index in [4.69, 9.17) is 4.74 Å². The minimum atomic E-state index is -0.398. The van der Waals surface area contributed by atoms with Gasteiger partial charge in [-0.25, -0.2) is 0 Å². The molecular weight excluding hydrogens is 240 g/mol. The summed E-state index contributed by atoms with van der Waals surface area (Å²) in [6.07, 6.45) is 1.64. The highest BCUT2D eigenvalue weighted by molar-refractivity contribution is 5.95. The molecule has 4 nitrogen and oxygen atoms in total. The van der Waals surface area contributed by atoms with E-state index < -0.39 is 5.41 Å². The van der Waals surface area contributed by atoms with E-state index in [9.17, 15) is 4.79 Å². The summed E-state index contributed by atoms with van der Waals surface area (Å²) >= 11 is 0. The van der Waals surface area contributed by atoms with E-state index in [1.54, 1.807) is 7.11 Å². The third kappa shape index (κ3) is 3.33. The van der Waals surface area contributed by atoms with Crippen LogP contribution in [0.3, 0.4) is 0 Å². The number of nitrogens with one attached hydrogen (secondary N) is 2. The maximum Gasteiger partial charge on any atom is 0.233 e. The molecule has 0 radical (unpaired) electrons. The van der Waals surface area contributed by atoms with Crippen LogP contribution < -0.4 is 10.6 Å². The molecule has 2 rings (SSSR count). The molecule has 0 spiro atoms. The first-order valence-corrected chi connectivity index (χ1v) is 6.74. The molecule has 1 aliphatic heterocycles. The van der Waals surface area contributed by atoms with Crippen LogP contribution in [0.1, 0.15) is 18.4 Å². The van der Waals surface area contributed by atoms with Gasteiger partial charge < -0.3 is 15.4 Å². The van der Waals surface area contributed by atoms with Crippen LogP contribution in [0.15, 0.2) is 24.3 Å². The fourth-order valence-corrected chi connectivity index (χ4v) is 2.52. The minimum absolute atomic E-state index is 0.0692. The Morgan fingerprint density at radius 1 is 1.32 bits per heavy atom. The largest absolute Gasteiger partial charge is 0.384 e. The van der Waals surface area contributed by atoms with Gasteiger partial charge in [0, 0.05) is 12.8 Å².